The minimum Gasteiger partial charge on any atom is -0.468 e. The fraction of sp³-hybridized carbons (Fsp3) is 0.273. The van der Waals surface area contributed by atoms with Gasteiger partial charge in [0.05, 0.1) is 7.11 Å². The lowest BCUT2D eigenvalue weighted by Gasteiger charge is -2.09. The van der Waals surface area contributed by atoms with E-state index in [4.69, 9.17) is 10.5 Å². The highest BCUT2D eigenvalue weighted by molar-refractivity contribution is 5.85. The molecule has 1 aromatic rings. The molecule has 2 N–H and O–H groups in total. The first-order chi connectivity index (χ1) is 7.54. The second-order valence-electron chi connectivity index (χ2n) is 3.16. The molecule has 94 valence electrons. The maximum absolute atomic E-state index is 11.1. The van der Waals surface area contributed by atoms with E-state index in [1.165, 1.54) is 14.0 Å². The minimum atomic E-state index is -0.823. The number of hydrogen-bond acceptors (Lipinski definition) is 5. The van der Waals surface area contributed by atoms with Crippen LogP contribution < -0.4 is 10.5 Å². The zero-order valence-electron chi connectivity index (χ0n) is 9.51. The van der Waals surface area contributed by atoms with Crippen molar-refractivity contribution < 1.29 is 19.1 Å². The van der Waals surface area contributed by atoms with E-state index in [0.29, 0.717) is 11.3 Å². The molecule has 0 fully saturated rings. The molecule has 0 bridgehead atoms. The van der Waals surface area contributed by atoms with Crippen molar-refractivity contribution in [2.75, 3.05) is 7.11 Å². The van der Waals surface area contributed by atoms with Crippen LogP contribution in [-0.4, -0.2) is 19.0 Å². The number of ether oxygens (including phenoxy) is 2. The molecule has 1 rings (SSSR count). The van der Waals surface area contributed by atoms with Crippen LogP contribution in [0, 0.1) is 0 Å². The molecular weight excluding hydrogens is 246 g/mol. The number of methoxy groups -OCH3 is 1. The first-order valence-corrected chi connectivity index (χ1v) is 4.66. The van der Waals surface area contributed by atoms with E-state index in [2.05, 4.69) is 4.74 Å². The molecule has 5 nitrogen and oxygen atoms in total. The van der Waals surface area contributed by atoms with Gasteiger partial charge in [0.25, 0.3) is 0 Å². The number of halogens is 1. The Morgan fingerprint density at radius 1 is 1.24 bits per heavy atom. The lowest BCUT2D eigenvalue weighted by atomic mass is 10.1. The highest BCUT2D eigenvalue weighted by Gasteiger charge is 2.15. The topological polar surface area (TPSA) is 78.6 Å². The molecule has 0 unspecified atom stereocenters. The molecule has 0 aliphatic carbocycles. The Bertz CT molecular complexity index is 391. The molecule has 0 heterocycles. The molecule has 0 aliphatic rings. The minimum absolute atomic E-state index is 0. The maximum atomic E-state index is 11.1. The summed E-state index contributed by atoms with van der Waals surface area (Å²) in [5.41, 5.74) is 6.22. The van der Waals surface area contributed by atoms with Gasteiger partial charge in [0.2, 0.25) is 0 Å². The molecule has 1 aromatic carbocycles. The van der Waals surface area contributed by atoms with Crippen molar-refractivity contribution in [2.45, 2.75) is 13.0 Å². The average Bonchev–Trinajstić information content (AvgIpc) is 2.27. The number of nitrogens with two attached hydrogens (primary N) is 1. The smallest absolute Gasteiger partial charge is 0.327 e. The van der Waals surface area contributed by atoms with Crippen LogP contribution >= 0.6 is 12.4 Å². The number of carbonyl (C=O) groups excluding carboxylic acids is 2. The Morgan fingerprint density at radius 2 is 1.76 bits per heavy atom. The summed E-state index contributed by atoms with van der Waals surface area (Å²) >= 11 is 0. The normalized spacial score (nSPS) is 11.0. The molecule has 1 atom stereocenters. The molecule has 0 saturated heterocycles. The van der Waals surface area contributed by atoms with Crippen LogP contribution in [0.4, 0.5) is 0 Å². The van der Waals surface area contributed by atoms with Crippen LogP contribution in [0.1, 0.15) is 18.5 Å². The lowest BCUT2D eigenvalue weighted by Crippen LogP contribution is -2.22. The predicted octanol–water partition coefficient (Wildman–Crippen LogP) is 1.21. The van der Waals surface area contributed by atoms with Crippen molar-refractivity contribution >= 4 is 24.3 Å². The van der Waals surface area contributed by atoms with E-state index in [-0.39, 0.29) is 12.4 Å². The van der Waals surface area contributed by atoms with Crippen LogP contribution in [0.3, 0.4) is 0 Å². The zero-order chi connectivity index (χ0) is 12.1. The van der Waals surface area contributed by atoms with Gasteiger partial charge >= 0.3 is 11.9 Å². The van der Waals surface area contributed by atoms with Crippen molar-refractivity contribution in [3.05, 3.63) is 29.8 Å². The highest BCUT2D eigenvalue weighted by Crippen LogP contribution is 2.17. The SMILES string of the molecule is COC(=O)[C@@H](N)c1ccc(OC(C)=O)cc1.Cl. The number of rotatable bonds is 3. The Balaban J connectivity index is 0.00000256. The van der Waals surface area contributed by atoms with E-state index in [1.54, 1.807) is 24.3 Å². The molecule has 6 heteroatoms. The fourth-order valence-electron chi connectivity index (χ4n) is 1.17. The van der Waals surface area contributed by atoms with Gasteiger partial charge in [-0.15, -0.1) is 12.4 Å². The summed E-state index contributed by atoms with van der Waals surface area (Å²) in [6, 6.07) is 5.54. The van der Waals surface area contributed by atoms with Gasteiger partial charge in [0, 0.05) is 6.92 Å². The van der Waals surface area contributed by atoms with E-state index in [0.717, 1.165) is 0 Å². The summed E-state index contributed by atoms with van der Waals surface area (Å²) in [5.74, 6) is -0.501. The van der Waals surface area contributed by atoms with Crippen molar-refractivity contribution in [2.24, 2.45) is 5.73 Å². The Hall–Kier alpha value is -1.59. The average molecular weight is 260 g/mol. The zero-order valence-corrected chi connectivity index (χ0v) is 10.3. The highest BCUT2D eigenvalue weighted by atomic mass is 35.5. The second-order valence-corrected chi connectivity index (χ2v) is 3.16. The number of carbonyl (C=O) groups is 2. The molecule has 0 spiro atoms. The number of hydrogen-bond donors (Lipinski definition) is 1. The van der Waals surface area contributed by atoms with Crippen molar-refractivity contribution in [1.29, 1.82) is 0 Å². The molecule has 0 amide bonds. The third kappa shape index (κ3) is 4.42. The van der Waals surface area contributed by atoms with Gasteiger partial charge in [-0.1, -0.05) is 12.1 Å². The van der Waals surface area contributed by atoms with Crippen LogP contribution in [0.2, 0.25) is 0 Å². The van der Waals surface area contributed by atoms with Crippen molar-refractivity contribution in [3.8, 4) is 5.75 Å². The van der Waals surface area contributed by atoms with Crippen LogP contribution in [0.5, 0.6) is 5.75 Å². The quantitative estimate of drug-likeness (QED) is 0.652. The molecule has 17 heavy (non-hydrogen) atoms. The number of esters is 2. The van der Waals surface area contributed by atoms with Crippen LogP contribution in [-0.2, 0) is 14.3 Å². The second kappa shape index (κ2) is 6.88. The van der Waals surface area contributed by atoms with Gasteiger partial charge in [-0.2, -0.15) is 0 Å². The van der Waals surface area contributed by atoms with E-state index < -0.39 is 18.0 Å². The van der Waals surface area contributed by atoms with Crippen LogP contribution in [0.25, 0.3) is 0 Å². The summed E-state index contributed by atoms with van der Waals surface area (Å²) in [7, 11) is 1.27. The maximum Gasteiger partial charge on any atom is 0.327 e. The standard InChI is InChI=1S/C11H13NO4.ClH/c1-7(13)16-9-5-3-8(4-6-9)10(12)11(14)15-2;/h3-6,10H,12H2,1-2H3;1H/t10-;/m0./s1. The fourth-order valence-corrected chi connectivity index (χ4v) is 1.17. The predicted molar refractivity (Wildman–Crippen MR) is 63.9 cm³/mol. The van der Waals surface area contributed by atoms with Gasteiger partial charge in [-0.3, -0.25) is 9.59 Å². The largest absolute Gasteiger partial charge is 0.468 e. The molecule has 0 saturated carbocycles. The van der Waals surface area contributed by atoms with Gasteiger partial charge in [-0.05, 0) is 17.7 Å². The van der Waals surface area contributed by atoms with Gasteiger partial charge in [-0.25, -0.2) is 0 Å². The van der Waals surface area contributed by atoms with E-state index in [9.17, 15) is 9.59 Å². The first kappa shape index (κ1) is 15.4. The van der Waals surface area contributed by atoms with Crippen molar-refractivity contribution in [1.82, 2.24) is 0 Å². The summed E-state index contributed by atoms with van der Waals surface area (Å²) in [6.07, 6.45) is 0. The summed E-state index contributed by atoms with van der Waals surface area (Å²) in [4.78, 5) is 21.8. The van der Waals surface area contributed by atoms with Crippen LogP contribution in [0.15, 0.2) is 24.3 Å². The monoisotopic (exact) mass is 259 g/mol. The Morgan fingerprint density at radius 3 is 2.18 bits per heavy atom. The van der Waals surface area contributed by atoms with E-state index >= 15 is 0 Å². The first-order valence-electron chi connectivity index (χ1n) is 4.66. The van der Waals surface area contributed by atoms with Crippen molar-refractivity contribution in [3.63, 3.8) is 0 Å². The van der Waals surface area contributed by atoms with Gasteiger partial charge < -0.3 is 15.2 Å². The third-order valence-corrected chi connectivity index (χ3v) is 1.96. The molecular formula is C11H14ClNO4. The Labute approximate surface area is 105 Å². The number of benzene rings is 1. The molecule has 0 aromatic heterocycles. The summed E-state index contributed by atoms with van der Waals surface area (Å²) in [5, 5.41) is 0. The summed E-state index contributed by atoms with van der Waals surface area (Å²) in [6.45, 7) is 1.31. The third-order valence-electron chi connectivity index (χ3n) is 1.96. The summed E-state index contributed by atoms with van der Waals surface area (Å²) < 4.78 is 9.35. The molecule has 0 aliphatic heterocycles. The molecule has 0 radical (unpaired) electrons. The van der Waals surface area contributed by atoms with E-state index in [1.807, 2.05) is 0 Å². The van der Waals surface area contributed by atoms with Gasteiger partial charge in [0.15, 0.2) is 0 Å². The lowest BCUT2D eigenvalue weighted by molar-refractivity contribution is -0.142. The Kier molecular flexibility index (Phi) is 6.23. The van der Waals surface area contributed by atoms with Gasteiger partial charge in [0.1, 0.15) is 11.8 Å².